The highest BCUT2D eigenvalue weighted by Crippen LogP contribution is 2.60. The van der Waals surface area contributed by atoms with Crippen LogP contribution >= 0.6 is 0 Å². The van der Waals surface area contributed by atoms with Gasteiger partial charge in [-0.15, -0.1) is 0 Å². The van der Waals surface area contributed by atoms with Gasteiger partial charge in [0.25, 0.3) is 0 Å². The van der Waals surface area contributed by atoms with E-state index in [1.807, 2.05) is 34.6 Å². The van der Waals surface area contributed by atoms with Gasteiger partial charge in [0.05, 0.1) is 66.3 Å². The van der Waals surface area contributed by atoms with Gasteiger partial charge >= 0.3 is 71.6 Å². The molecule has 0 spiro atoms. The van der Waals surface area contributed by atoms with Crippen LogP contribution in [-0.4, -0.2) is 167 Å². The molecule has 6 unspecified atom stereocenters. The van der Waals surface area contributed by atoms with E-state index >= 15 is 0 Å². The van der Waals surface area contributed by atoms with Crippen LogP contribution in [0.5, 0.6) is 0 Å². The van der Waals surface area contributed by atoms with E-state index in [9.17, 15) is 67.7 Å². The number of carbonyl (C=O) groups is 12. The molecule has 0 aromatic rings. The molecule has 6 atom stereocenters. The van der Waals surface area contributed by atoms with Crippen molar-refractivity contribution in [2.24, 2.45) is 51.8 Å². The molecule has 10 aliphatic carbocycles. The molecule has 26 nitrogen and oxygen atoms in total. The molecule has 0 amide bonds. The molecule has 2 saturated heterocycles. The predicted octanol–water partition coefficient (Wildman–Crippen LogP) is 15.0. The molecule has 0 aromatic carbocycles. The normalized spacial score (nSPS) is 26.5. The lowest BCUT2D eigenvalue weighted by Crippen LogP contribution is -2.61. The molecule has 12 fully saturated rings. The van der Waals surface area contributed by atoms with Crippen LogP contribution in [0.1, 0.15) is 312 Å². The maximum Gasteiger partial charge on any atom is 0.347 e. The summed E-state index contributed by atoms with van der Waals surface area (Å²) in [6.45, 7) is 41.0. The third-order valence-corrected chi connectivity index (χ3v) is 24.1. The van der Waals surface area contributed by atoms with E-state index in [0.29, 0.717) is 81.0 Å². The first-order chi connectivity index (χ1) is 52.1. The molecular formula is C88H142O26. The summed E-state index contributed by atoms with van der Waals surface area (Å²) in [5, 5.41) is 21.2. The Labute approximate surface area is 678 Å². The quantitative estimate of drug-likeness (QED) is 0.0304. The Balaban J connectivity index is 0.000000359. The van der Waals surface area contributed by atoms with E-state index in [0.717, 1.165) is 109 Å². The van der Waals surface area contributed by atoms with Gasteiger partial charge in [-0.3, -0.25) is 33.6 Å². The molecule has 2 N–H and O–H groups in total. The van der Waals surface area contributed by atoms with Crippen LogP contribution in [0.3, 0.4) is 0 Å². The Kier molecular flexibility index (Phi) is 38.8. The molecule has 650 valence electrons. The summed E-state index contributed by atoms with van der Waals surface area (Å²) in [5.74, 6) is -1.96. The highest BCUT2D eigenvalue weighted by atomic mass is 16.6. The summed E-state index contributed by atoms with van der Waals surface area (Å²) < 4.78 is 62.0. The predicted molar refractivity (Wildman–Crippen MR) is 425 cm³/mol. The van der Waals surface area contributed by atoms with Gasteiger partial charge in [0.2, 0.25) is 12.2 Å². The topological polar surface area (TPSA) is 356 Å². The average molecular weight is 1620 g/mol. The first kappa shape index (κ1) is 101. The van der Waals surface area contributed by atoms with E-state index < -0.39 is 81.1 Å². The minimum atomic E-state index is -0.728. The molecule has 10 saturated carbocycles. The third kappa shape index (κ3) is 30.1. The SMILES string of the molecule is C.C.C=C(C)C(=O)OC12CC3CC(CC(O)(C3)C1)C2.C=C(C)C(=O)OC1CCOC1=O.C=C(C)C(=O)OCCOC(=O)CCC(=O)OC1(C(C)C)CCCC1.CCC(C)(C)C(=O)OC12CC3CC(CC(O)(C3)C1)C2.CCC(C)(C)C(=O)OC1CCOC1=O.CCC(C)(C)C(=O)OCCOC(=O)CCC(=O)OC1(C(C)C)CCCC1. The van der Waals surface area contributed by atoms with Crippen molar-refractivity contribution in [3.8, 4) is 0 Å². The van der Waals surface area contributed by atoms with Gasteiger partial charge in [-0.25, -0.2) is 24.0 Å². The summed E-state index contributed by atoms with van der Waals surface area (Å²) in [4.78, 5) is 139. The van der Waals surface area contributed by atoms with Crippen molar-refractivity contribution >= 4 is 71.6 Å². The highest BCUT2D eigenvalue weighted by Gasteiger charge is 2.61. The molecule has 26 heteroatoms. The zero-order chi connectivity index (χ0) is 84.0. The number of hydrogen-bond donors (Lipinski definition) is 2. The zero-order valence-corrected chi connectivity index (χ0v) is 70.2. The Bertz CT molecular complexity index is 3290. The van der Waals surface area contributed by atoms with Gasteiger partial charge in [-0.05, 0) is 233 Å². The van der Waals surface area contributed by atoms with Crippen molar-refractivity contribution < 1.29 is 125 Å². The van der Waals surface area contributed by atoms with Gasteiger partial charge in [0.15, 0.2) is 0 Å². The Morgan fingerprint density at radius 1 is 0.430 bits per heavy atom. The smallest absolute Gasteiger partial charge is 0.347 e. The third-order valence-electron chi connectivity index (χ3n) is 24.1. The van der Waals surface area contributed by atoms with Crippen LogP contribution in [-0.2, 0) is 114 Å². The first-order valence-electron chi connectivity index (χ1n) is 40.9. The molecule has 12 aliphatic rings. The summed E-state index contributed by atoms with van der Waals surface area (Å²) in [5.41, 5.74) is -3.08. The minimum Gasteiger partial charge on any atom is -0.463 e. The second kappa shape index (κ2) is 43.8. The second-order valence-corrected chi connectivity index (χ2v) is 35.8. The van der Waals surface area contributed by atoms with E-state index in [4.69, 9.17) is 52.1 Å². The minimum absolute atomic E-state index is 0. The molecule has 114 heavy (non-hydrogen) atoms. The number of cyclic esters (lactones) is 2. The number of carbonyl (C=O) groups excluding carboxylic acids is 12. The van der Waals surface area contributed by atoms with E-state index in [-0.39, 0.29) is 143 Å². The summed E-state index contributed by atoms with van der Waals surface area (Å²) in [7, 11) is 0. The monoisotopic (exact) mass is 1610 g/mol. The van der Waals surface area contributed by atoms with Crippen LogP contribution < -0.4 is 0 Å². The fourth-order valence-electron chi connectivity index (χ4n) is 16.8. The molecule has 2 heterocycles. The molecule has 0 radical (unpaired) electrons. The van der Waals surface area contributed by atoms with Crippen LogP contribution in [0.4, 0.5) is 0 Å². The van der Waals surface area contributed by atoms with Gasteiger partial charge in [0.1, 0.15) is 48.8 Å². The van der Waals surface area contributed by atoms with Crippen LogP contribution in [0.25, 0.3) is 0 Å². The Hall–Kier alpha value is -7.22. The van der Waals surface area contributed by atoms with Crippen LogP contribution in [0.2, 0.25) is 0 Å². The molecule has 12 rings (SSSR count). The largest absolute Gasteiger partial charge is 0.463 e. The number of esters is 12. The van der Waals surface area contributed by atoms with Crippen LogP contribution in [0.15, 0.2) is 36.5 Å². The molecular weight excluding hydrogens is 1470 g/mol. The van der Waals surface area contributed by atoms with Gasteiger partial charge in [-0.2, -0.15) is 0 Å². The van der Waals surface area contributed by atoms with Gasteiger partial charge < -0.3 is 67.1 Å². The lowest BCUT2D eigenvalue weighted by Gasteiger charge is -2.59. The van der Waals surface area contributed by atoms with Crippen molar-refractivity contribution in [3.63, 3.8) is 0 Å². The number of aliphatic hydroxyl groups is 2. The zero-order valence-electron chi connectivity index (χ0n) is 70.2. The Morgan fingerprint density at radius 3 is 1.09 bits per heavy atom. The van der Waals surface area contributed by atoms with Crippen molar-refractivity contribution in [3.05, 3.63) is 36.5 Å². The molecule has 0 aromatic heterocycles. The van der Waals surface area contributed by atoms with Crippen LogP contribution in [0, 0.1) is 51.8 Å². The lowest BCUT2D eigenvalue weighted by atomic mass is 9.52. The average Bonchev–Trinajstić information content (AvgIpc) is 0.897. The van der Waals surface area contributed by atoms with Gasteiger partial charge in [0, 0.05) is 42.4 Å². The molecule has 8 bridgehead atoms. The summed E-state index contributed by atoms with van der Waals surface area (Å²) in [6, 6.07) is 0. The fraction of sp³-hybridized carbons (Fsp3) is 0.795. The lowest BCUT2D eigenvalue weighted by molar-refractivity contribution is -0.225. The highest BCUT2D eigenvalue weighted by molar-refractivity contribution is 5.90. The van der Waals surface area contributed by atoms with Crippen molar-refractivity contribution in [1.29, 1.82) is 0 Å². The summed E-state index contributed by atoms with van der Waals surface area (Å²) >= 11 is 0. The number of rotatable bonds is 29. The maximum atomic E-state index is 12.4. The van der Waals surface area contributed by atoms with E-state index in [2.05, 4.69) is 52.2 Å². The summed E-state index contributed by atoms with van der Waals surface area (Å²) in [6.07, 6.45) is 20.6. The van der Waals surface area contributed by atoms with Crippen molar-refractivity contribution in [2.75, 3.05) is 39.6 Å². The number of ether oxygens (including phenoxy) is 12. The number of hydrogen-bond acceptors (Lipinski definition) is 26. The molecule has 2 aliphatic heterocycles. The second-order valence-electron chi connectivity index (χ2n) is 35.8. The Morgan fingerprint density at radius 2 is 0.754 bits per heavy atom. The maximum absolute atomic E-state index is 12.4. The fourth-order valence-corrected chi connectivity index (χ4v) is 16.8. The van der Waals surface area contributed by atoms with Gasteiger partial charge in [-0.1, -0.05) is 83.1 Å². The van der Waals surface area contributed by atoms with Crippen molar-refractivity contribution in [2.45, 2.75) is 358 Å². The first-order valence-corrected chi connectivity index (χ1v) is 40.9. The van der Waals surface area contributed by atoms with Crippen molar-refractivity contribution in [1.82, 2.24) is 0 Å². The standard InChI is InChI=1S/C20H34O6.C18H28O6.C16H26O3.C14H20O3.C10H16O4.C8H10O4.2CH4/c1-6-19(4,5)18(23)25-14-13-24-16(21)9-10-17(22)26-20(15(2)3)11-7-8-12-20;1-13(2)17(21)23-12-11-22-15(19)7-8-16(20)24-18(14(3)4)9-5-6-10-18;1-4-14(2,3)13(17)19-16-8-11-5-12(9-16)7-15(18,6-11)10-16;1-9(2)12(15)17-14-6-10-3-11(7-14)5-13(16,4-10)8-14;1-4-10(2,3)9(12)14-7-5-6-13-8(7)11;1-5(2)7(9)12-6-3-4-11-8(6)10;;/h15H,6-14H2,1-5H3;14H,1,5-12H2,2-4H3;11-12,18H,4-10H2,1-3H3;10-11,16H,1,3-8H2,2H3;7H,4-6H2,1-3H3;6H,1,3-4H2,2H3;2*1H4. The van der Waals surface area contributed by atoms with E-state index in [1.54, 1.807) is 34.6 Å². The van der Waals surface area contributed by atoms with E-state index in [1.165, 1.54) is 26.7 Å².